The van der Waals surface area contributed by atoms with Gasteiger partial charge in [0.25, 0.3) is 0 Å². The van der Waals surface area contributed by atoms with Gasteiger partial charge in [0.15, 0.2) is 0 Å². The minimum Gasteiger partial charge on any atom is -0.488 e. The summed E-state index contributed by atoms with van der Waals surface area (Å²) < 4.78 is 6.07. The molecule has 3 rings (SSSR count). The summed E-state index contributed by atoms with van der Waals surface area (Å²) in [5.74, 6) is 2.05. The molecular formula is C23H25N5O. The minimum absolute atomic E-state index is 0.404. The second-order valence-corrected chi connectivity index (χ2v) is 6.56. The van der Waals surface area contributed by atoms with Crippen molar-refractivity contribution < 1.29 is 4.74 Å². The van der Waals surface area contributed by atoms with Crippen molar-refractivity contribution in [3.05, 3.63) is 72.3 Å². The Morgan fingerprint density at radius 3 is 2.76 bits per heavy atom. The summed E-state index contributed by atoms with van der Waals surface area (Å²) in [6, 6.07) is 15.5. The minimum atomic E-state index is 0.404. The van der Waals surface area contributed by atoms with Crippen LogP contribution in [0.15, 0.2) is 76.7 Å². The molecule has 3 N–H and O–H groups in total. The number of nitrogens with two attached hydrogens (primary N) is 1. The first kappa shape index (κ1) is 20.1. The molecule has 1 heterocycles. The van der Waals surface area contributed by atoms with E-state index in [1.165, 1.54) is 0 Å². The number of benzene rings is 2. The first-order valence-corrected chi connectivity index (χ1v) is 9.43. The van der Waals surface area contributed by atoms with Gasteiger partial charge in [0.05, 0.1) is 6.20 Å². The van der Waals surface area contributed by atoms with E-state index in [1.807, 2.05) is 55.5 Å². The summed E-state index contributed by atoms with van der Waals surface area (Å²) in [6.45, 7) is 7.92. The number of aromatic nitrogens is 1. The van der Waals surface area contributed by atoms with Gasteiger partial charge in [-0.25, -0.2) is 9.98 Å². The second kappa shape index (κ2) is 9.50. The van der Waals surface area contributed by atoms with Crippen LogP contribution in [0, 0.1) is 0 Å². The van der Waals surface area contributed by atoms with E-state index in [1.54, 1.807) is 12.4 Å². The molecule has 0 radical (unpaired) electrons. The maximum Gasteiger partial charge on any atom is 0.149 e. The van der Waals surface area contributed by atoms with Crippen LogP contribution in [0.3, 0.4) is 0 Å². The van der Waals surface area contributed by atoms with E-state index in [9.17, 15) is 0 Å². The lowest BCUT2D eigenvalue weighted by molar-refractivity contribution is 0.310. The molecule has 0 aliphatic heterocycles. The van der Waals surface area contributed by atoms with Gasteiger partial charge < -0.3 is 15.8 Å². The molecule has 0 atom stereocenters. The van der Waals surface area contributed by atoms with E-state index in [-0.39, 0.29) is 0 Å². The summed E-state index contributed by atoms with van der Waals surface area (Å²) in [5, 5.41) is 5.15. The van der Waals surface area contributed by atoms with E-state index in [0.29, 0.717) is 18.2 Å². The third-order valence-corrected chi connectivity index (χ3v) is 4.43. The molecule has 29 heavy (non-hydrogen) atoms. The lowest BCUT2D eigenvalue weighted by Crippen LogP contribution is -2.03. The average molecular weight is 387 g/mol. The van der Waals surface area contributed by atoms with Crippen LogP contribution in [-0.2, 0) is 6.61 Å². The third kappa shape index (κ3) is 5.19. The zero-order valence-electron chi connectivity index (χ0n) is 16.7. The molecule has 0 unspecified atom stereocenters. The van der Waals surface area contributed by atoms with Gasteiger partial charge in [-0.05, 0) is 49.9 Å². The number of nitrogens with one attached hydrogen (secondary N) is 1. The number of rotatable bonds is 8. The number of hydrogen-bond donors (Lipinski definition) is 2. The molecule has 0 spiro atoms. The van der Waals surface area contributed by atoms with Crippen LogP contribution in [0.25, 0.3) is 10.8 Å². The van der Waals surface area contributed by atoms with Crippen molar-refractivity contribution in [1.29, 1.82) is 0 Å². The van der Waals surface area contributed by atoms with Gasteiger partial charge in [0.1, 0.15) is 24.0 Å². The highest BCUT2D eigenvalue weighted by molar-refractivity contribution is 5.97. The molecule has 0 fully saturated rings. The number of aliphatic imine (C=N–C) groups is 2. The predicted octanol–water partition coefficient (Wildman–Crippen LogP) is 5.18. The highest BCUT2D eigenvalue weighted by Crippen LogP contribution is 2.30. The Labute approximate surface area is 170 Å². The smallest absolute Gasteiger partial charge is 0.149 e. The molecule has 0 amide bonds. The van der Waals surface area contributed by atoms with Crippen molar-refractivity contribution in [2.24, 2.45) is 9.98 Å². The standard InChI is InChI=1S/C23H25N5O/c1-4-16(2)27-23(14-25-3)28-22-13-17(11-12-26-22)15-29-21-10-9-20(24)18-7-5-6-8-19(18)21/h5-14H,3-4,15,24H2,1-2H3,(H,26,28)/b23-14+,27-16+. The summed E-state index contributed by atoms with van der Waals surface area (Å²) >= 11 is 0. The molecular weight excluding hydrogens is 362 g/mol. The quantitative estimate of drug-likeness (QED) is 0.412. The Kier molecular flexibility index (Phi) is 6.58. The Morgan fingerprint density at radius 1 is 1.21 bits per heavy atom. The van der Waals surface area contributed by atoms with Crippen LogP contribution >= 0.6 is 0 Å². The first-order chi connectivity index (χ1) is 14.1. The zero-order chi connectivity index (χ0) is 20.6. The fraction of sp³-hybridized carbons (Fsp3) is 0.174. The van der Waals surface area contributed by atoms with Gasteiger partial charge in [-0.15, -0.1) is 0 Å². The van der Waals surface area contributed by atoms with Crippen molar-refractivity contribution in [2.45, 2.75) is 26.9 Å². The molecule has 0 saturated carbocycles. The molecule has 6 nitrogen and oxygen atoms in total. The van der Waals surface area contributed by atoms with Crippen LogP contribution in [0.5, 0.6) is 5.75 Å². The van der Waals surface area contributed by atoms with Crippen molar-refractivity contribution in [2.75, 3.05) is 11.1 Å². The normalized spacial score (nSPS) is 12.1. The van der Waals surface area contributed by atoms with Crippen LogP contribution in [0.1, 0.15) is 25.8 Å². The summed E-state index contributed by atoms with van der Waals surface area (Å²) in [7, 11) is 0. The Balaban J connectivity index is 1.76. The Hall–Kier alpha value is -3.67. The maximum atomic E-state index is 6.07. The van der Waals surface area contributed by atoms with E-state index < -0.39 is 0 Å². The number of nitrogens with zero attached hydrogens (tertiary/aromatic N) is 3. The topological polar surface area (TPSA) is 84.9 Å². The van der Waals surface area contributed by atoms with Crippen molar-refractivity contribution in [3.8, 4) is 5.75 Å². The summed E-state index contributed by atoms with van der Waals surface area (Å²) in [5.41, 5.74) is 8.77. The predicted molar refractivity (Wildman–Crippen MR) is 122 cm³/mol. The summed E-state index contributed by atoms with van der Waals surface area (Å²) in [4.78, 5) is 12.7. The number of nitrogen functional groups attached to an aromatic ring is 1. The second-order valence-electron chi connectivity index (χ2n) is 6.56. The molecule has 0 aliphatic rings. The monoisotopic (exact) mass is 387 g/mol. The number of ether oxygens (including phenoxy) is 1. The van der Waals surface area contributed by atoms with Crippen LogP contribution in [0.4, 0.5) is 11.5 Å². The molecule has 3 aromatic rings. The molecule has 0 aliphatic carbocycles. The van der Waals surface area contributed by atoms with E-state index >= 15 is 0 Å². The van der Waals surface area contributed by atoms with Gasteiger partial charge in [-0.2, -0.15) is 0 Å². The lowest BCUT2D eigenvalue weighted by atomic mass is 10.1. The van der Waals surface area contributed by atoms with Gasteiger partial charge in [-0.1, -0.05) is 31.2 Å². The summed E-state index contributed by atoms with van der Waals surface area (Å²) in [6.07, 6.45) is 4.16. The molecule has 2 aromatic carbocycles. The van der Waals surface area contributed by atoms with Gasteiger partial charge in [-0.3, -0.25) is 4.99 Å². The molecule has 0 bridgehead atoms. The lowest BCUT2D eigenvalue weighted by Gasteiger charge is -2.12. The highest BCUT2D eigenvalue weighted by Gasteiger charge is 2.06. The highest BCUT2D eigenvalue weighted by atomic mass is 16.5. The Bertz CT molecular complexity index is 1070. The van der Waals surface area contributed by atoms with Crippen LogP contribution in [-0.4, -0.2) is 17.4 Å². The van der Waals surface area contributed by atoms with E-state index in [4.69, 9.17) is 10.5 Å². The molecule has 148 valence electrons. The molecule has 1 aromatic heterocycles. The van der Waals surface area contributed by atoms with Gasteiger partial charge in [0.2, 0.25) is 0 Å². The van der Waals surface area contributed by atoms with E-state index in [2.05, 4.69) is 33.9 Å². The zero-order valence-corrected chi connectivity index (χ0v) is 16.7. The SMILES string of the molecule is C=N/C=C(\N=C(/C)CC)Nc1cc(COc2ccc(N)c3ccccc23)ccn1. The van der Waals surface area contributed by atoms with Crippen LogP contribution < -0.4 is 15.8 Å². The van der Waals surface area contributed by atoms with Crippen molar-refractivity contribution in [1.82, 2.24) is 4.98 Å². The average Bonchev–Trinajstić information content (AvgIpc) is 2.74. The van der Waals surface area contributed by atoms with Crippen molar-refractivity contribution >= 4 is 34.7 Å². The third-order valence-electron chi connectivity index (χ3n) is 4.43. The number of hydrogen-bond acceptors (Lipinski definition) is 6. The van der Waals surface area contributed by atoms with Gasteiger partial charge >= 0.3 is 0 Å². The van der Waals surface area contributed by atoms with Crippen molar-refractivity contribution in [3.63, 3.8) is 0 Å². The van der Waals surface area contributed by atoms with E-state index in [0.717, 1.165) is 39.9 Å². The molecule has 0 saturated heterocycles. The maximum absolute atomic E-state index is 6.07. The Morgan fingerprint density at radius 2 is 2.00 bits per heavy atom. The fourth-order valence-electron chi connectivity index (χ4n) is 2.81. The number of pyridine rings is 1. The van der Waals surface area contributed by atoms with Crippen LogP contribution in [0.2, 0.25) is 0 Å². The number of fused-ring (bicyclic) bond motifs is 1. The van der Waals surface area contributed by atoms with Gasteiger partial charge in [0, 0.05) is 28.4 Å². The molecule has 6 heteroatoms. The largest absolute Gasteiger partial charge is 0.488 e. The fourth-order valence-corrected chi connectivity index (χ4v) is 2.81. The number of anilines is 2. The first-order valence-electron chi connectivity index (χ1n) is 9.43.